The Kier molecular flexibility index (Phi) is 7.36. The number of rotatable bonds is 6. The molecule has 1 saturated carbocycles. The van der Waals surface area contributed by atoms with Gasteiger partial charge in [0.15, 0.2) is 5.96 Å². The molecule has 0 aromatic heterocycles. The third kappa shape index (κ3) is 5.32. The van der Waals surface area contributed by atoms with Crippen molar-refractivity contribution in [2.45, 2.75) is 19.4 Å². The molecule has 0 saturated heterocycles. The molecule has 1 aromatic rings. The summed E-state index contributed by atoms with van der Waals surface area (Å²) in [5, 5.41) is 20.5. The quantitative estimate of drug-likeness (QED) is 0.164. The van der Waals surface area contributed by atoms with Crippen molar-refractivity contribution in [2.75, 3.05) is 25.5 Å². The van der Waals surface area contributed by atoms with E-state index in [1.807, 2.05) is 0 Å². The van der Waals surface area contributed by atoms with Crippen molar-refractivity contribution >= 4 is 41.3 Å². The number of nitrogens with zero attached hydrogens (tertiary/aromatic N) is 2. The van der Waals surface area contributed by atoms with Gasteiger partial charge in [0.2, 0.25) is 0 Å². The Morgan fingerprint density at radius 3 is 2.68 bits per heavy atom. The van der Waals surface area contributed by atoms with E-state index in [9.17, 15) is 10.1 Å². The number of hydrogen-bond acceptors (Lipinski definition) is 4. The van der Waals surface area contributed by atoms with E-state index in [0.29, 0.717) is 30.7 Å². The first-order valence-corrected chi connectivity index (χ1v) is 7.06. The highest BCUT2D eigenvalue weighted by Gasteiger charge is 2.33. The van der Waals surface area contributed by atoms with Crippen LogP contribution in [0.15, 0.2) is 29.3 Å². The lowest BCUT2D eigenvalue weighted by Crippen LogP contribution is -2.41. The van der Waals surface area contributed by atoms with Crippen molar-refractivity contribution < 1.29 is 4.92 Å². The van der Waals surface area contributed by atoms with Gasteiger partial charge in [-0.2, -0.15) is 0 Å². The number of nitro groups is 1. The van der Waals surface area contributed by atoms with E-state index >= 15 is 0 Å². The monoisotopic (exact) mass is 419 g/mol. The molecule has 3 N–H and O–H groups in total. The van der Waals surface area contributed by atoms with Gasteiger partial charge in [0.05, 0.1) is 4.92 Å². The fourth-order valence-corrected chi connectivity index (χ4v) is 2.05. The van der Waals surface area contributed by atoms with Crippen molar-refractivity contribution in [3.05, 3.63) is 34.4 Å². The highest BCUT2D eigenvalue weighted by atomic mass is 127. The molecule has 122 valence electrons. The highest BCUT2D eigenvalue weighted by Crippen LogP contribution is 2.28. The number of halogens is 1. The molecule has 0 spiro atoms. The van der Waals surface area contributed by atoms with Gasteiger partial charge in [-0.3, -0.25) is 15.1 Å². The second kappa shape index (κ2) is 8.76. The Morgan fingerprint density at radius 2 is 2.09 bits per heavy atom. The van der Waals surface area contributed by atoms with Gasteiger partial charge >= 0.3 is 0 Å². The molecule has 1 aliphatic carbocycles. The Labute approximate surface area is 147 Å². The van der Waals surface area contributed by atoms with Crippen LogP contribution < -0.4 is 16.0 Å². The summed E-state index contributed by atoms with van der Waals surface area (Å²) in [6, 6.07) is 7.14. The maximum Gasteiger partial charge on any atom is 0.292 e. The summed E-state index contributed by atoms with van der Waals surface area (Å²) in [6.07, 6.45) is 1.18. The summed E-state index contributed by atoms with van der Waals surface area (Å²) in [5.41, 5.74) is 0.620. The number of para-hydroxylation sites is 2. The first-order chi connectivity index (χ1) is 10.1. The SMILES string of the molecule is CN=C(NCCNc1ccccc1[N+](=O)[O-])NC1CC1C.I. The average Bonchev–Trinajstić information content (AvgIpc) is 3.17. The largest absolute Gasteiger partial charge is 0.378 e. The zero-order valence-corrected chi connectivity index (χ0v) is 15.0. The fourth-order valence-electron chi connectivity index (χ4n) is 2.05. The average molecular weight is 419 g/mol. The second-order valence-corrected chi connectivity index (χ2v) is 5.16. The van der Waals surface area contributed by atoms with Gasteiger partial charge in [-0.05, 0) is 18.4 Å². The minimum Gasteiger partial charge on any atom is -0.378 e. The summed E-state index contributed by atoms with van der Waals surface area (Å²) in [4.78, 5) is 14.7. The molecule has 0 aliphatic heterocycles. The molecule has 8 heteroatoms. The number of nitro benzene ring substituents is 1. The van der Waals surface area contributed by atoms with Crippen LogP contribution in [0.4, 0.5) is 11.4 Å². The normalized spacial score (nSPS) is 19.8. The van der Waals surface area contributed by atoms with E-state index in [1.54, 1.807) is 25.2 Å². The van der Waals surface area contributed by atoms with Crippen LogP contribution in [0.1, 0.15) is 13.3 Å². The van der Waals surface area contributed by atoms with Crippen LogP contribution in [0.25, 0.3) is 0 Å². The topological polar surface area (TPSA) is 91.6 Å². The molecule has 2 rings (SSSR count). The zero-order valence-electron chi connectivity index (χ0n) is 12.7. The van der Waals surface area contributed by atoms with Crippen molar-refractivity contribution in [3.63, 3.8) is 0 Å². The lowest BCUT2D eigenvalue weighted by molar-refractivity contribution is -0.384. The van der Waals surface area contributed by atoms with E-state index in [1.165, 1.54) is 12.5 Å². The number of guanidine groups is 1. The van der Waals surface area contributed by atoms with Crippen LogP contribution in [0, 0.1) is 16.0 Å². The lowest BCUT2D eigenvalue weighted by atomic mass is 10.2. The third-order valence-corrected chi connectivity index (χ3v) is 3.49. The van der Waals surface area contributed by atoms with Gasteiger partial charge < -0.3 is 16.0 Å². The van der Waals surface area contributed by atoms with Gasteiger partial charge in [-0.25, -0.2) is 0 Å². The summed E-state index contributed by atoms with van der Waals surface area (Å²) >= 11 is 0. The number of benzene rings is 1. The highest BCUT2D eigenvalue weighted by molar-refractivity contribution is 14.0. The molecule has 1 aliphatic rings. The molecule has 1 fully saturated rings. The van der Waals surface area contributed by atoms with Crippen molar-refractivity contribution in [1.82, 2.24) is 10.6 Å². The van der Waals surface area contributed by atoms with Crippen LogP contribution in [-0.4, -0.2) is 37.1 Å². The van der Waals surface area contributed by atoms with E-state index in [-0.39, 0.29) is 34.6 Å². The van der Waals surface area contributed by atoms with Crippen molar-refractivity contribution in [1.29, 1.82) is 0 Å². The Hall–Kier alpha value is -1.58. The Bertz CT molecular complexity index is 538. The number of nitrogens with one attached hydrogen (secondary N) is 3. The van der Waals surface area contributed by atoms with Crippen LogP contribution in [-0.2, 0) is 0 Å². The van der Waals surface area contributed by atoms with Gasteiger partial charge in [0.1, 0.15) is 5.69 Å². The van der Waals surface area contributed by atoms with E-state index < -0.39 is 0 Å². The van der Waals surface area contributed by atoms with E-state index in [4.69, 9.17) is 0 Å². The van der Waals surface area contributed by atoms with Gasteiger partial charge in [0, 0.05) is 32.2 Å². The van der Waals surface area contributed by atoms with Crippen LogP contribution >= 0.6 is 24.0 Å². The molecule has 22 heavy (non-hydrogen) atoms. The smallest absolute Gasteiger partial charge is 0.292 e. The van der Waals surface area contributed by atoms with Crippen molar-refractivity contribution in [3.8, 4) is 0 Å². The molecule has 2 atom stereocenters. The maximum atomic E-state index is 10.9. The molecule has 0 heterocycles. The molecule has 0 radical (unpaired) electrons. The Morgan fingerprint density at radius 1 is 1.41 bits per heavy atom. The minimum absolute atomic E-state index is 0. The van der Waals surface area contributed by atoms with E-state index in [0.717, 1.165) is 5.96 Å². The molecule has 1 aromatic carbocycles. The molecular weight excluding hydrogens is 397 g/mol. The summed E-state index contributed by atoms with van der Waals surface area (Å²) in [5.74, 6) is 1.47. The fraction of sp³-hybridized carbons (Fsp3) is 0.500. The third-order valence-electron chi connectivity index (χ3n) is 3.49. The first kappa shape index (κ1) is 18.5. The van der Waals surface area contributed by atoms with Crippen LogP contribution in [0.3, 0.4) is 0 Å². The number of anilines is 1. The second-order valence-electron chi connectivity index (χ2n) is 5.16. The van der Waals surface area contributed by atoms with Gasteiger partial charge in [-0.15, -0.1) is 24.0 Å². The maximum absolute atomic E-state index is 10.9. The van der Waals surface area contributed by atoms with Crippen molar-refractivity contribution in [2.24, 2.45) is 10.9 Å². The summed E-state index contributed by atoms with van der Waals surface area (Å²) in [6.45, 7) is 3.40. The van der Waals surface area contributed by atoms with Gasteiger partial charge in [0.25, 0.3) is 5.69 Å². The van der Waals surface area contributed by atoms with Crippen LogP contribution in [0.2, 0.25) is 0 Å². The molecule has 2 unspecified atom stereocenters. The van der Waals surface area contributed by atoms with E-state index in [2.05, 4.69) is 27.9 Å². The molecule has 0 amide bonds. The summed E-state index contributed by atoms with van der Waals surface area (Å²) < 4.78 is 0. The number of aliphatic imine (C=N–C) groups is 1. The zero-order chi connectivity index (χ0) is 15.2. The predicted molar refractivity (Wildman–Crippen MR) is 99.1 cm³/mol. The molecular formula is C14H22IN5O2. The first-order valence-electron chi connectivity index (χ1n) is 7.06. The predicted octanol–water partition coefficient (Wildman–Crippen LogP) is 2.20. The minimum atomic E-state index is -0.384. The Balaban J connectivity index is 0.00000242. The van der Waals surface area contributed by atoms with Gasteiger partial charge in [-0.1, -0.05) is 19.1 Å². The standard InChI is InChI=1S/C14H21N5O2.HI/c1-10-9-12(10)18-14(15-2)17-8-7-16-11-5-3-4-6-13(11)19(20)21;/h3-6,10,12,16H,7-9H2,1-2H3,(H2,15,17,18);1H. The molecule has 0 bridgehead atoms. The summed E-state index contributed by atoms with van der Waals surface area (Å²) in [7, 11) is 1.73. The van der Waals surface area contributed by atoms with Crippen LogP contribution in [0.5, 0.6) is 0 Å². The molecule has 7 nitrogen and oxygen atoms in total. The number of hydrogen-bond donors (Lipinski definition) is 3. The lowest BCUT2D eigenvalue weighted by Gasteiger charge is -2.12.